The predicted molar refractivity (Wildman–Crippen MR) is 102 cm³/mol. The summed E-state index contributed by atoms with van der Waals surface area (Å²) in [5.41, 5.74) is 1.01. The van der Waals surface area contributed by atoms with E-state index in [1.54, 1.807) is 12.1 Å². The number of rotatable bonds is 4. The van der Waals surface area contributed by atoms with Crippen LogP contribution in [0.4, 0.5) is 5.69 Å². The van der Waals surface area contributed by atoms with E-state index in [2.05, 4.69) is 10.2 Å². The van der Waals surface area contributed by atoms with Gasteiger partial charge < -0.3 is 5.32 Å². The molecular weight excluding hydrogens is 373 g/mol. The van der Waals surface area contributed by atoms with Crippen molar-refractivity contribution in [2.24, 2.45) is 5.92 Å². The van der Waals surface area contributed by atoms with E-state index in [1.165, 1.54) is 12.8 Å². The Kier molecular flexibility index (Phi) is 8.74. The first kappa shape index (κ1) is 21.5. The summed E-state index contributed by atoms with van der Waals surface area (Å²) >= 11 is 6.16. The third-order valence-electron chi connectivity index (χ3n) is 4.90. The van der Waals surface area contributed by atoms with Crippen LogP contribution in [0, 0.1) is 16.0 Å². The zero-order valence-corrected chi connectivity index (χ0v) is 15.8. The Labute approximate surface area is 160 Å². The van der Waals surface area contributed by atoms with Crippen LogP contribution in [0.25, 0.3) is 0 Å². The lowest BCUT2D eigenvalue weighted by Gasteiger charge is -2.38. The summed E-state index contributed by atoms with van der Waals surface area (Å²) in [6, 6.07) is 5.10. The molecule has 0 aromatic heterocycles. The summed E-state index contributed by atoms with van der Waals surface area (Å²) in [5.74, 6) is 0.496. The largest absolute Gasteiger partial charge is 0.314 e. The number of benzene rings is 1. The first-order valence-electron chi connectivity index (χ1n) is 8.05. The van der Waals surface area contributed by atoms with Gasteiger partial charge in [0, 0.05) is 48.9 Å². The SMILES string of the molecule is Cl.Cl.O=[N+]([O-])c1ccc(Cl)cc1[C@H](C1CCCC1)N1CCNCC1. The van der Waals surface area contributed by atoms with Crippen LogP contribution in [0.5, 0.6) is 0 Å². The summed E-state index contributed by atoms with van der Waals surface area (Å²) in [6.07, 6.45) is 4.75. The topological polar surface area (TPSA) is 58.4 Å². The summed E-state index contributed by atoms with van der Waals surface area (Å²) in [7, 11) is 0. The number of hydrogen-bond donors (Lipinski definition) is 1. The molecule has 1 aromatic rings. The number of nitro groups is 1. The van der Waals surface area contributed by atoms with Crippen LogP contribution in [0.3, 0.4) is 0 Å². The van der Waals surface area contributed by atoms with E-state index in [1.807, 2.05) is 6.07 Å². The van der Waals surface area contributed by atoms with Crippen molar-refractivity contribution in [2.45, 2.75) is 31.7 Å². The van der Waals surface area contributed by atoms with Crippen LogP contribution in [-0.2, 0) is 0 Å². The second-order valence-corrected chi connectivity index (χ2v) is 6.67. The number of hydrogen-bond acceptors (Lipinski definition) is 4. The minimum Gasteiger partial charge on any atom is -0.314 e. The van der Waals surface area contributed by atoms with Crippen LogP contribution in [0.1, 0.15) is 37.3 Å². The number of nitro benzene ring substituents is 1. The standard InChI is InChI=1S/C16H22ClN3O2.2ClH/c17-13-5-6-15(20(21)22)14(11-13)16(12-3-1-2-4-12)19-9-7-18-8-10-19;;/h5-6,11-12,16,18H,1-4,7-10H2;2*1H/t16-;;/m0../s1. The van der Waals surface area contributed by atoms with Gasteiger partial charge in [0.25, 0.3) is 5.69 Å². The maximum Gasteiger partial charge on any atom is 0.274 e. The van der Waals surface area contributed by atoms with E-state index in [-0.39, 0.29) is 41.5 Å². The second-order valence-electron chi connectivity index (χ2n) is 6.24. The lowest BCUT2D eigenvalue weighted by Crippen LogP contribution is -2.46. The monoisotopic (exact) mass is 395 g/mol. The molecule has 0 unspecified atom stereocenters. The predicted octanol–water partition coefficient (Wildman–Crippen LogP) is 4.23. The van der Waals surface area contributed by atoms with E-state index in [0.717, 1.165) is 44.6 Å². The Bertz CT molecular complexity index is 547. The normalized spacial score (nSPS) is 20.0. The molecule has 1 aliphatic heterocycles. The van der Waals surface area contributed by atoms with Crippen LogP contribution >= 0.6 is 36.4 Å². The fourth-order valence-corrected chi connectivity index (χ4v) is 4.09. The average molecular weight is 397 g/mol. The lowest BCUT2D eigenvalue weighted by atomic mass is 9.88. The molecule has 1 aliphatic carbocycles. The number of nitrogens with one attached hydrogen (secondary N) is 1. The molecule has 8 heteroatoms. The first-order chi connectivity index (χ1) is 10.7. The number of piperazine rings is 1. The fourth-order valence-electron chi connectivity index (χ4n) is 3.91. The van der Waals surface area contributed by atoms with Crippen molar-refractivity contribution >= 4 is 42.1 Å². The molecule has 0 amide bonds. The van der Waals surface area contributed by atoms with Crippen LogP contribution < -0.4 is 5.32 Å². The maximum atomic E-state index is 11.5. The highest BCUT2D eigenvalue weighted by Gasteiger charge is 2.35. The molecule has 2 aliphatic rings. The van der Waals surface area contributed by atoms with E-state index < -0.39 is 0 Å². The molecule has 5 nitrogen and oxygen atoms in total. The van der Waals surface area contributed by atoms with Crippen molar-refractivity contribution in [1.82, 2.24) is 10.2 Å². The lowest BCUT2D eigenvalue weighted by molar-refractivity contribution is -0.386. The Balaban J connectivity index is 0.00000144. The first-order valence-corrected chi connectivity index (χ1v) is 8.43. The molecule has 1 saturated carbocycles. The minimum atomic E-state index is -0.268. The van der Waals surface area contributed by atoms with E-state index in [4.69, 9.17) is 11.6 Å². The summed E-state index contributed by atoms with van der Waals surface area (Å²) in [6.45, 7) is 3.75. The van der Waals surface area contributed by atoms with Gasteiger partial charge in [-0.2, -0.15) is 0 Å². The van der Waals surface area contributed by atoms with Gasteiger partial charge in [-0.05, 0) is 30.9 Å². The molecule has 0 bridgehead atoms. The molecule has 1 heterocycles. The fraction of sp³-hybridized carbons (Fsp3) is 0.625. The van der Waals surface area contributed by atoms with Crippen LogP contribution in [0.15, 0.2) is 18.2 Å². The molecule has 3 rings (SSSR count). The van der Waals surface area contributed by atoms with Crippen molar-refractivity contribution in [2.75, 3.05) is 26.2 Å². The molecule has 1 saturated heterocycles. The highest BCUT2D eigenvalue weighted by atomic mass is 35.5. The van der Waals surface area contributed by atoms with Crippen molar-refractivity contribution in [3.05, 3.63) is 38.9 Å². The smallest absolute Gasteiger partial charge is 0.274 e. The number of halogens is 3. The third-order valence-corrected chi connectivity index (χ3v) is 5.13. The van der Waals surface area contributed by atoms with Gasteiger partial charge in [0.05, 0.1) is 4.92 Å². The zero-order chi connectivity index (χ0) is 15.5. The van der Waals surface area contributed by atoms with Crippen molar-refractivity contribution in [3.63, 3.8) is 0 Å². The zero-order valence-electron chi connectivity index (χ0n) is 13.4. The van der Waals surface area contributed by atoms with Crippen LogP contribution in [0.2, 0.25) is 5.02 Å². The molecule has 136 valence electrons. The second kappa shape index (κ2) is 9.78. The summed E-state index contributed by atoms with van der Waals surface area (Å²) in [5, 5.41) is 15.4. The maximum absolute atomic E-state index is 11.5. The highest BCUT2D eigenvalue weighted by Crippen LogP contribution is 2.43. The molecule has 0 radical (unpaired) electrons. The van der Waals surface area contributed by atoms with Gasteiger partial charge in [0.1, 0.15) is 0 Å². The van der Waals surface area contributed by atoms with Gasteiger partial charge >= 0.3 is 0 Å². The van der Waals surface area contributed by atoms with E-state index >= 15 is 0 Å². The van der Waals surface area contributed by atoms with Crippen molar-refractivity contribution < 1.29 is 4.92 Å². The molecule has 24 heavy (non-hydrogen) atoms. The molecule has 1 atom stereocenters. The van der Waals surface area contributed by atoms with E-state index in [9.17, 15) is 10.1 Å². The number of nitrogens with zero attached hydrogens (tertiary/aromatic N) is 2. The van der Waals surface area contributed by atoms with Crippen LogP contribution in [-0.4, -0.2) is 36.0 Å². The quantitative estimate of drug-likeness (QED) is 0.611. The van der Waals surface area contributed by atoms with Crippen molar-refractivity contribution in [1.29, 1.82) is 0 Å². The Morgan fingerprint density at radius 1 is 1.21 bits per heavy atom. The van der Waals surface area contributed by atoms with Gasteiger partial charge in [-0.3, -0.25) is 15.0 Å². The van der Waals surface area contributed by atoms with Gasteiger partial charge in [-0.15, -0.1) is 24.8 Å². The highest BCUT2D eigenvalue weighted by molar-refractivity contribution is 6.30. The summed E-state index contributed by atoms with van der Waals surface area (Å²) < 4.78 is 0. The Hall–Kier alpha value is -0.590. The Morgan fingerprint density at radius 2 is 1.83 bits per heavy atom. The van der Waals surface area contributed by atoms with Gasteiger partial charge in [-0.25, -0.2) is 0 Å². The van der Waals surface area contributed by atoms with Gasteiger partial charge in [0.2, 0.25) is 0 Å². The van der Waals surface area contributed by atoms with Gasteiger partial charge in [-0.1, -0.05) is 24.4 Å². The molecule has 1 aromatic carbocycles. The molecule has 1 N–H and O–H groups in total. The average Bonchev–Trinajstić information content (AvgIpc) is 3.02. The molecule has 2 fully saturated rings. The third kappa shape index (κ3) is 4.73. The molecule has 0 spiro atoms. The van der Waals surface area contributed by atoms with Crippen molar-refractivity contribution in [3.8, 4) is 0 Å². The van der Waals surface area contributed by atoms with E-state index in [0.29, 0.717) is 10.9 Å². The van der Waals surface area contributed by atoms with Gasteiger partial charge in [0.15, 0.2) is 0 Å². The minimum absolute atomic E-state index is 0. The summed E-state index contributed by atoms with van der Waals surface area (Å²) in [4.78, 5) is 13.6. The molecular formula is C16H24Cl3N3O2. The Morgan fingerprint density at radius 3 is 2.42 bits per heavy atom.